The number of nitrogens with one attached hydrogen (secondary N) is 1. The van der Waals surface area contributed by atoms with E-state index in [-0.39, 0.29) is 12.0 Å². The third kappa shape index (κ3) is 6.03. The smallest absolute Gasteiger partial charge is 0.250 e. The Hall–Kier alpha value is -2.92. The number of nitrogens with zero attached hydrogens (tertiary/aromatic N) is 1. The predicted molar refractivity (Wildman–Crippen MR) is 122 cm³/mol. The van der Waals surface area contributed by atoms with E-state index in [0.717, 1.165) is 22.6 Å². The number of ether oxygens (including phenoxy) is 1. The van der Waals surface area contributed by atoms with Crippen molar-refractivity contribution in [1.82, 2.24) is 4.98 Å². The van der Waals surface area contributed by atoms with Crippen molar-refractivity contribution in [2.45, 2.75) is 39.7 Å². The summed E-state index contributed by atoms with van der Waals surface area (Å²) < 4.78 is 5.66. The van der Waals surface area contributed by atoms with Gasteiger partial charge in [0.1, 0.15) is 5.75 Å². The van der Waals surface area contributed by atoms with Crippen molar-refractivity contribution >= 4 is 28.5 Å². The number of rotatable bonds is 7. The molecule has 0 aliphatic carbocycles. The maximum absolute atomic E-state index is 12.2. The van der Waals surface area contributed by atoms with Crippen LogP contribution in [0, 0.1) is 0 Å². The van der Waals surface area contributed by atoms with Crippen LogP contribution in [-0.4, -0.2) is 17.0 Å². The molecule has 1 amide bonds. The number of hydrogen-bond acceptors (Lipinski definition) is 4. The van der Waals surface area contributed by atoms with E-state index in [4.69, 9.17) is 4.74 Å². The molecule has 0 atom stereocenters. The van der Waals surface area contributed by atoms with E-state index >= 15 is 0 Å². The van der Waals surface area contributed by atoms with Crippen LogP contribution in [0.3, 0.4) is 0 Å². The van der Waals surface area contributed by atoms with Gasteiger partial charge in [0.05, 0.1) is 11.8 Å². The minimum Gasteiger partial charge on any atom is -0.491 e. The lowest BCUT2D eigenvalue weighted by atomic mass is 10.0. The van der Waals surface area contributed by atoms with Crippen LogP contribution < -0.4 is 10.1 Å². The van der Waals surface area contributed by atoms with Crippen LogP contribution in [0.5, 0.6) is 5.75 Å². The van der Waals surface area contributed by atoms with Crippen LogP contribution >= 0.6 is 11.3 Å². The third-order valence-electron chi connectivity index (χ3n) is 4.29. The van der Waals surface area contributed by atoms with E-state index in [1.54, 1.807) is 6.08 Å². The summed E-state index contributed by atoms with van der Waals surface area (Å²) in [6.07, 6.45) is 3.48. The first-order chi connectivity index (χ1) is 13.9. The summed E-state index contributed by atoms with van der Waals surface area (Å²) in [6.45, 7) is 8.32. The van der Waals surface area contributed by atoms with Crippen molar-refractivity contribution in [2.24, 2.45) is 0 Å². The van der Waals surface area contributed by atoms with E-state index < -0.39 is 0 Å². The van der Waals surface area contributed by atoms with Gasteiger partial charge in [0.25, 0.3) is 0 Å². The van der Waals surface area contributed by atoms with Crippen molar-refractivity contribution in [3.05, 3.63) is 71.1 Å². The quantitative estimate of drug-likeness (QED) is 0.464. The largest absolute Gasteiger partial charge is 0.491 e. The fourth-order valence-corrected chi connectivity index (χ4v) is 3.47. The molecule has 150 valence electrons. The molecule has 0 fully saturated rings. The van der Waals surface area contributed by atoms with Crippen LogP contribution in [0.4, 0.5) is 5.13 Å². The highest BCUT2D eigenvalue weighted by atomic mass is 32.1. The van der Waals surface area contributed by atoms with Crippen molar-refractivity contribution in [3.8, 4) is 17.0 Å². The van der Waals surface area contributed by atoms with Gasteiger partial charge in [0.15, 0.2) is 5.13 Å². The highest BCUT2D eigenvalue weighted by molar-refractivity contribution is 7.14. The van der Waals surface area contributed by atoms with Crippen molar-refractivity contribution in [2.75, 3.05) is 5.32 Å². The van der Waals surface area contributed by atoms with Crippen molar-refractivity contribution in [3.63, 3.8) is 0 Å². The molecule has 0 bridgehead atoms. The molecule has 4 nitrogen and oxygen atoms in total. The zero-order valence-electron chi connectivity index (χ0n) is 17.2. The van der Waals surface area contributed by atoms with E-state index in [0.29, 0.717) is 11.0 Å². The van der Waals surface area contributed by atoms with Gasteiger partial charge in [0, 0.05) is 17.0 Å². The van der Waals surface area contributed by atoms with Gasteiger partial charge in [-0.2, -0.15) is 0 Å². The molecule has 0 radical (unpaired) electrons. The second-order valence-electron chi connectivity index (χ2n) is 7.37. The van der Waals surface area contributed by atoms with Gasteiger partial charge in [-0.15, -0.1) is 11.3 Å². The number of carbonyl (C=O) groups is 1. The molecular formula is C24H26N2O2S. The topological polar surface area (TPSA) is 51.2 Å². The molecule has 1 N–H and O–H groups in total. The van der Waals surface area contributed by atoms with Crippen molar-refractivity contribution in [1.29, 1.82) is 0 Å². The van der Waals surface area contributed by atoms with Gasteiger partial charge in [-0.25, -0.2) is 4.98 Å². The summed E-state index contributed by atoms with van der Waals surface area (Å²) in [5, 5.41) is 5.34. The fourth-order valence-electron chi connectivity index (χ4n) is 2.75. The van der Waals surface area contributed by atoms with Gasteiger partial charge < -0.3 is 4.74 Å². The standard InChI is InChI=1S/C24H26N2O2S/c1-16(2)19-8-5-18(6-9-19)7-14-23(27)26-24-25-22(15-29-24)20-10-12-21(13-11-20)28-17(3)4/h5-17H,1-4H3,(H,25,26,27). The number of aromatic nitrogens is 1. The van der Waals surface area contributed by atoms with E-state index in [9.17, 15) is 4.79 Å². The van der Waals surface area contributed by atoms with Crippen LogP contribution in [0.15, 0.2) is 60.0 Å². The number of anilines is 1. The molecule has 3 aromatic rings. The summed E-state index contributed by atoms with van der Waals surface area (Å²) in [7, 11) is 0. The molecule has 0 spiro atoms. The molecule has 0 unspecified atom stereocenters. The van der Waals surface area contributed by atoms with Crippen LogP contribution in [0.25, 0.3) is 17.3 Å². The summed E-state index contributed by atoms with van der Waals surface area (Å²) in [5.41, 5.74) is 4.09. The molecule has 0 aliphatic rings. The summed E-state index contributed by atoms with van der Waals surface area (Å²) in [5.74, 6) is 1.13. The molecule has 1 aromatic heterocycles. The van der Waals surface area contributed by atoms with Gasteiger partial charge in [-0.3, -0.25) is 10.1 Å². The Kier molecular flexibility index (Phi) is 6.83. The normalized spacial score (nSPS) is 11.4. The average Bonchev–Trinajstić information content (AvgIpc) is 3.15. The highest BCUT2D eigenvalue weighted by Crippen LogP contribution is 2.27. The predicted octanol–water partition coefficient (Wildman–Crippen LogP) is 6.37. The van der Waals surface area contributed by atoms with Crippen LogP contribution in [-0.2, 0) is 4.79 Å². The zero-order valence-corrected chi connectivity index (χ0v) is 18.0. The van der Waals surface area contributed by atoms with Gasteiger partial charge in [-0.05, 0) is 61.2 Å². The Bertz CT molecular complexity index is 971. The molecule has 3 rings (SSSR count). The number of carbonyl (C=O) groups excluding carboxylic acids is 1. The minimum atomic E-state index is -0.195. The maximum Gasteiger partial charge on any atom is 0.250 e. The molecule has 0 aliphatic heterocycles. The molecule has 0 saturated heterocycles. The molecule has 2 aromatic carbocycles. The summed E-state index contributed by atoms with van der Waals surface area (Å²) in [6, 6.07) is 16.0. The molecule has 29 heavy (non-hydrogen) atoms. The SMILES string of the molecule is CC(C)Oc1ccc(-c2csc(NC(=O)C=Cc3ccc(C(C)C)cc3)n2)cc1. The molecule has 1 heterocycles. The van der Waals surface area contributed by atoms with Crippen LogP contribution in [0.1, 0.15) is 44.7 Å². The Labute approximate surface area is 176 Å². The lowest BCUT2D eigenvalue weighted by molar-refractivity contribution is -0.111. The molecular weight excluding hydrogens is 380 g/mol. The number of hydrogen-bond donors (Lipinski definition) is 1. The third-order valence-corrected chi connectivity index (χ3v) is 5.04. The Morgan fingerprint density at radius 1 is 1.03 bits per heavy atom. The van der Waals surface area contributed by atoms with Gasteiger partial charge >= 0.3 is 0 Å². The van der Waals surface area contributed by atoms with E-state index in [1.165, 1.54) is 23.0 Å². The van der Waals surface area contributed by atoms with Crippen LogP contribution in [0.2, 0.25) is 0 Å². The van der Waals surface area contributed by atoms with E-state index in [1.807, 2.05) is 55.6 Å². The van der Waals surface area contributed by atoms with Crippen molar-refractivity contribution < 1.29 is 9.53 Å². The molecule has 0 saturated carbocycles. The molecule has 5 heteroatoms. The first-order valence-electron chi connectivity index (χ1n) is 9.72. The number of thiazole rings is 1. The summed E-state index contributed by atoms with van der Waals surface area (Å²) in [4.78, 5) is 16.7. The first-order valence-corrected chi connectivity index (χ1v) is 10.6. The lowest BCUT2D eigenvalue weighted by Crippen LogP contribution is -2.07. The van der Waals surface area contributed by atoms with Gasteiger partial charge in [-0.1, -0.05) is 38.1 Å². The highest BCUT2D eigenvalue weighted by Gasteiger charge is 2.07. The lowest BCUT2D eigenvalue weighted by Gasteiger charge is -2.09. The Morgan fingerprint density at radius 3 is 2.34 bits per heavy atom. The Morgan fingerprint density at radius 2 is 1.72 bits per heavy atom. The number of benzene rings is 2. The first kappa shape index (κ1) is 20.8. The minimum absolute atomic E-state index is 0.142. The van der Waals surface area contributed by atoms with Gasteiger partial charge in [0.2, 0.25) is 5.91 Å². The monoisotopic (exact) mass is 406 g/mol. The number of amides is 1. The average molecular weight is 407 g/mol. The second-order valence-corrected chi connectivity index (χ2v) is 8.23. The Balaban J connectivity index is 1.59. The maximum atomic E-state index is 12.2. The zero-order chi connectivity index (χ0) is 20.8. The second kappa shape index (κ2) is 9.52. The fraction of sp³-hybridized carbons (Fsp3) is 0.250. The van der Waals surface area contributed by atoms with E-state index in [2.05, 4.69) is 36.3 Å². The summed E-state index contributed by atoms with van der Waals surface area (Å²) >= 11 is 1.41.